The Morgan fingerprint density at radius 2 is 2.27 bits per heavy atom. The van der Waals surface area contributed by atoms with Gasteiger partial charge in [-0.05, 0) is 53.2 Å². The molecular weight excluding hydrogens is 256 g/mol. The average Bonchev–Trinajstić information content (AvgIpc) is 2.99. The first-order chi connectivity index (χ1) is 7.18. The summed E-state index contributed by atoms with van der Waals surface area (Å²) in [6.07, 6.45) is 2.10. The quantitative estimate of drug-likeness (QED) is 0.910. The number of rotatable bonds is 4. The lowest BCUT2D eigenvalue weighted by atomic mass is 10.1. The molecule has 15 heavy (non-hydrogen) atoms. The van der Waals surface area contributed by atoms with Gasteiger partial charge in [0.25, 0.3) is 0 Å². The minimum absolute atomic E-state index is 0.469. The molecule has 1 aliphatic rings. The molecule has 3 heteroatoms. The van der Waals surface area contributed by atoms with Crippen LogP contribution < -0.4 is 4.74 Å². The summed E-state index contributed by atoms with van der Waals surface area (Å²) in [4.78, 5) is 0. The number of aliphatic hydroxyl groups excluding tert-OH is 1. The van der Waals surface area contributed by atoms with Crippen LogP contribution in [0.15, 0.2) is 22.7 Å². The highest BCUT2D eigenvalue weighted by molar-refractivity contribution is 9.10. The molecule has 1 fully saturated rings. The molecule has 2 nitrogen and oxygen atoms in total. The molecule has 0 bridgehead atoms. The molecule has 1 saturated carbocycles. The maximum absolute atomic E-state index is 9.53. The monoisotopic (exact) mass is 270 g/mol. The zero-order valence-corrected chi connectivity index (χ0v) is 10.3. The smallest absolute Gasteiger partial charge is 0.133 e. The van der Waals surface area contributed by atoms with Gasteiger partial charge in [-0.25, -0.2) is 0 Å². The van der Waals surface area contributed by atoms with Crippen LogP contribution in [0.4, 0.5) is 0 Å². The average molecular weight is 271 g/mol. The number of ether oxygens (including phenoxy) is 1. The van der Waals surface area contributed by atoms with Gasteiger partial charge in [0.05, 0.1) is 17.2 Å². The van der Waals surface area contributed by atoms with Crippen molar-refractivity contribution in [2.45, 2.75) is 25.9 Å². The molecule has 0 aliphatic heterocycles. The largest absolute Gasteiger partial charge is 0.492 e. The highest BCUT2D eigenvalue weighted by Gasteiger charge is 2.22. The predicted octanol–water partition coefficient (Wildman–Crippen LogP) is 3.29. The van der Waals surface area contributed by atoms with Gasteiger partial charge in [0.2, 0.25) is 0 Å². The van der Waals surface area contributed by atoms with Crippen LogP contribution in [0.1, 0.15) is 31.4 Å². The van der Waals surface area contributed by atoms with E-state index in [4.69, 9.17) is 4.74 Å². The zero-order chi connectivity index (χ0) is 10.8. The molecule has 1 N–H and O–H groups in total. The Hall–Kier alpha value is -0.540. The second kappa shape index (κ2) is 4.54. The van der Waals surface area contributed by atoms with Crippen LogP contribution in [0.5, 0.6) is 5.75 Å². The second-order valence-electron chi connectivity index (χ2n) is 4.09. The summed E-state index contributed by atoms with van der Waals surface area (Å²) in [6, 6.07) is 5.74. The first-order valence-corrected chi connectivity index (χ1v) is 6.07. The van der Waals surface area contributed by atoms with E-state index in [1.165, 1.54) is 12.8 Å². The van der Waals surface area contributed by atoms with Crippen LogP contribution in [-0.2, 0) is 0 Å². The first kappa shape index (κ1) is 11.0. The third kappa shape index (κ3) is 2.73. The van der Waals surface area contributed by atoms with Crippen molar-refractivity contribution in [1.29, 1.82) is 0 Å². The van der Waals surface area contributed by atoms with Gasteiger partial charge in [-0.2, -0.15) is 0 Å². The molecule has 82 valence electrons. The van der Waals surface area contributed by atoms with Gasteiger partial charge in [-0.15, -0.1) is 0 Å². The lowest BCUT2D eigenvalue weighted by Gasteiger charge is -2.12. The van der Waals surface area contributed by atoms with E-state index in [1.54, 1.807) is 6.92 Å². The molecule has 0 radical (unpaired) electrons. The predicted molar refractivity (Wildman–Crippen MR) is 63.0 cm³/mol. The molecule has 2 rings (SSSR count). The number of aliphatic hydroxyl groups is 1. The summed E-state index contributed by atoms with van der Waals surface area (Å²) >= 11 is 3.47. The molecule has 1 aromatic rings. The van der Waals surface area contributed by atoms with Crippen molar-refractivity contribution < 1.29 is 9.84 Å². The van der Waals surface area contributed by atoms with E-state index in [-0.39, 0.29) is 0 Å². The normalized spacial score (nSPS) is 17.5. The SMILES string of the molecule is CC(O)c1cccc(OCC2CC2)c1Br. The van der Waals surface area contributed by atoms with Crippen LogP contribution in [0, 0.1) is 5.92 Å². The Bertz CT molecular complexity index is 345. The Morgan fingerprint density at radius 1 is 1.53 bits per heavy atom. The van der Waals surface area contributed by atoms with Crippen molar-refractivity contribution in [2.24, 2.45) is 5.92 Å². The topological polar surface area (TPSA) is 29.5 Å². The van der Waals surface area contributed by atoms with Crippen molar-refractivity contribution in [3.8, 4) is 5.75 Å². The molecular formula is C12H15BrO2. The van der Waals surface area contributed by atoms with Gasteiger partial charge < -0.3 is 9.84 Å². The molecule has 0 spiro atoms. The number of benzene rings is 1. The van der Waals surface area contributed by atoms with Gasteiger partial charge in [0.1, 0.15) is 5.75 Å². The minimum atomic E-state index is -0.469. The third-order valence-electron chi connectivity index (χ3n) is 2.61. The van der Waals surface area contributed by atoms with Gasteiger partial charge in [0, 0.05) is 0 Å². The van der Waals surface area contributed by atoms with Gasteiger partial charge in [0.15, 0.2) is 0 Å². The van der Waals surface area contributed by atoms with Crippen molar-refractivity contribution >= 4 is 15.9 Å². The Labute approximate surface area is 98.4 Å². The van der Waals surface area contributed by atoms with E-state index in [2.05, 4.69) is 15.9 Å². The summed E-state index contributed by atoms with van der Waals surface area (Å²) in [7, 11) is 0. The van der Waals surface area contributed by atoms with Crippen molar-refractivity contribution in [3.05, 3.63) is 28.2 Å². The number of hydrogen-bond acceptors (Lipinski definition) is 2. The summed E-state index contributed by atoms with van der Waals surface area (Å²) in [5.41, 5.74) is 0.878. The van der Waals surface area contributed by atoms with Crippen LogP contribution in [0.3, 0.4) is 0 Å². The van der Waals surface area contributed by atoms with E-state index in [0.717, 1.165) is 28.3 Å². The van der Waals surface area contributed by atoms with Gasteiger partial charge >= 0.3 is 0 Å². The summed E-state index contributed by atoms with van der Waals surface area (Å²) in [5, 5.41) is 9.53. The van der Waals surface area contributed by atoms with Crippen LogP contribution in [0.25, 0.3) is 0 Å². The first-order valence-electron chi connectivity index (χ1n) is 5.27. The Kier molecular flexibility index (Phi) is 3.32. The number of halogens is 1. The molecule has 1 unspecified atom stereocenters. The van der Waals surface area contributed by atoms with E-state index in [1.807, 2.05) is 18.2 Å². The molecule has 0 amide bonds. The van der Waals surface area contributed by atoms with Crippen LogP contribution in [0.2, 0.25) is 0 Å². The van der Waals surface area contributed by atoms with Crippen molar-refractivity contribution in [3.63, 3.8) is 0 Å². The fourth-order valence-corrected chi connectivity index (χ4v) is 2.16. The van der Waals surface area contributed by atoms with E-state index in [0.29, 0.717) is 0 Å². The Morgan fingerprint density at radius 3 is 2.87 bits per heavy atom. The van der Waals surface area contributed by atoms with E-state index >= 15 is 0 Å². The number of hydrogen-bond donors (Lipinski definition) is 1. The van der Waals surface area contributed by atoms with Crippen LogP contribution >= 0.6 is 15.9 Å². The summed E-state index contributed by atoms with van der Waals surface area (Å²) in [6.45, 7) is 2.55. The minimum Gasteiger partial charge on any atom is -0.492 e. The Balaban J connectivity index is 2.11. The fourth-order valence-electron chi connectivity index (χ4n) is 1.45. The second-order valence-corrected chi connectivity index (χ2v) is 4.88. The van der Waals surface area contributed by atoms with Crippen molar-refractivity contribution in [1.82, 2.24) is 0 Å². The standard InChI is InChI=1S/C12H15BrO2/c1-8(14)10-3-2-4-11(12(10)13)15-7-9-5-6-9/h2-4,8-9,14H,5-7H2,1H3. The van der Waals surface area contributed by atoms with Gasteiger partial charge in [-0.1, -0.05) is 12.1 Å². The fraction of sp³-hybridized carbons (Fsp3) is 0.500. The highest BCUT2D eigenvalue weighted by Crippen LogP contribution is 2.35. The van der Waals surface area contributed by atoms with Crippen molar-refractivity contribution in [2.75, 3.05) is 6.61 Å². The van der Waals surface area contributed by atoms with Crippen LogP contribution in [-0.4, -0.2) is 11.7 Å². The molecule has 0 saturated heterocycles. The zero-order valence-electron chi connectivity index (χ0n) is 8.74. The lowest BCUT2D eigenvalue weighted by molar-refractivity contribution is 0.197. The molecule has 1 aliphatic carbocycles. The van der Waals surface area contributed by atoms with E-state index in [9.17, 15) is 5.11 Å². The summed E-state index contributed by atoms with van der Waals surface area (Å²) in [5.74, 6) is 1.58. The third-order valence-corrected chi connectivity index (χ3v) is 3.46. The maximum Gasteiger partial charge on any atom is 0.133 e. The maximum atomic E-state index is 9.53. The molecule has 1 atom stereocenters. The molecule has 0 aromatic heterocycles. The van der Waals surface area contributed by atoms with Gasteiger partial charge in [-0.3, -0.25) is 0 Å². The summed E-state index contributed by atoms with van der Waals surface area (Å²) < 4.78 is 6.57. The van der Waals surface area contributed by atoms with E-state index < -0.39 is 6.10 Å². The lowest BCUT2D eigenvalue weighted by Crippen LogP contribution is -2.01. The molecule has 0 heterocycles. The highest BCUT2D eigenvalue weighted by atomic mass is 79.9. The molecule has 1 aromatic carbocycles.